The van der Waals surface area contributed by atoms with E-state index in [2.05, 4.69) is 27.7 Å². The second-order valence-electron chi connectivity index (χ2n) is 7.20. The summed E-state index contributed by atoms with van der Waals surface area (Å²) in [4.78, 5) is 11.6. The number of ether oxygens (including phenoxy) is 1. The molecule has 1 aliphatic rings. The van der Waals surface area contributed by atoms with Gasteiger partial charge in [0.25, 0.3) is 0 Å². The monoisotopic (exact) mass is 241 g/mol. The first-order valence-corrected chi connectivity index (χ1v) is 6.52. The number of esters is 1. The summed E-state index contributed by atoms with van der Waals surface area (Å²) < 4.78 is 5.03. The highest BCUT2D eigenvalue weighted by atomic mass is 16.5. The molecule has 0 aromatic carbocycles. The van der Waals surface area contributed by atoms with Crippen molar-refractivity contribution < 1.29 is 9.53 Å². The highest BCUT2D eigenvalue weighted by Gasteiger charge is 2.46. The molecule has 1 saturated carbocycles. The summed E-state index contributed by atoms with van der Waals surface area (Å²) in [6, 6.07) is 0. The molecule has 1 rings (SSSR count). The van der Waals surface area contributed by atoms with Gasteiger partial charge in [-0.05, 0) is 37.0 Å². The topological polar surface area (TPSA) is 52.3 Å². The van der Waals surface area contributed by atoms with Crippen LogP contribution >= 0.6 is 0 Å². The number of hydrogen-bond donors (Lipinski definition) is 1. The Morgan fingerprint density at radius 2 is 1.59 bits per heavy atom. The van der Waals surface area contributed by atoms with E-state index < -0.39 is 5.54 Å². The maximum atomic E-state index is 11.6. The van der Waals surface area contributed by atoms with Crippen LogP contribution in [0.5, 0.6) is 0 Å². The maximum absolute atomic E-state index is 11.6. The van der Waals surface area contributed by atoms with Crippen LogP contribution in [0.15, 0.2) is 0 Å². The van der Waals surface area contributed by atoms with E-state index in [1.54, 1.807) is 0 Å². The molecule has 17 heavy (non-hydrogen) atoms. The summed E-state index contributed by atoms with van der Waals surface area (Å²) in [5, 5.41) is 0. The van der Waals surface area contributed by atoms with E-state index in [1.807, 2.05) is 6.92 Å². The van der Waals surface area contributed by atoms with E-state index in [0.29, 0.717) is 13.0 Å². The Balaban J connectivity index is 2.77. The first-order chi connectivity index (χ1) is 7.58. The third-order valence-corrected chi connectivity index (χ3v) is 3.42. The van der Waals surface area contributed by atoms with Crippen LogP contribution < -0.4 is 5.73 Å². The zero-order valence-electron chi connectivity index (χ0n) is 11.9. The number of rotatable bonds is 3. The molecule has 0 bridgehead atoms. The van der Waals surface area contributed by atoms with Gasteiger partial charge in [-0.2, -0.15) is 0 Å². The van der Waals surface area contributed by atoms with Gasteiger partial charge in [-0.1, -0.05) is 27.7 Å². The number of nitrogens with two attached hydrogens (primary N) is 1. The van der Waals surface area contributed by atoms with E-state index in [4.69, 9.17) is 10.5 Å². The molecular weight excluding hydrogens is 214 g/mol. The molecule has 0 unspecified atom stereocenters. The zero-order chi connectivity index (χ0) is 13.3. The quantitative estimate of drug-likeness (QED) is 0.773. The molecule has 0 spiro atoms. The number of hydrogen-bond acceptors (Lipinski definition) is 3. The Bertz CT molecular complexity index is 279. The molecule has 1 aliphatic carbocycles. The normalized spacial score (nSPS) is 25.3. The Labute approximate surface area is 105 Å². The standard InChI is InChI=1S/C14H27NO2/c1-6-17-11(16)7-14(15)9-12(2,3)8-13(4,5)10-14/h6-10,15H2,1-5H3. The maximum Gasteiger partial charge on any atom is 0.307 e. The van der Waals surface area contributed by atoms with Gasteiger partial charge in [-0.15, -0.1) is 0 Å². The van der Waals surface area contributed by atoms with Crippen LogP contribution in [-0.4, -0.2) is 18.1 Å². The van der Waals surface area contributed by atoms with Gasteiger partial charge < -0.3 is 10.5 Å². The average molecular weight is 241 g/mol. The summed E-state index contributed by atoms with van der Waals surface area (Å²) in [5.41, 5.74) is 6.43. The molecule has 0 amide bonds. The van der Waals surface area contributed by atoms with Crippen molar-refractivity contribution in [2.24, 2.45) is 16.6 Å². The Morgan fingerprint density at radius 1 is 1.12 bits per heavy atom. The molecule has 3 heteroatoms. The molecule has 0 aromatic heterocycles. The fraction of sp³-hybridized carbons (Fsp3) is 0.929. The number of carbonyl (C=O) groups is 1. The molecular formula is C14H27NO2. The third-order valence-electron chi connectivity index (χ3n) is 3.42. The molecule has 0 radical (unpaired) electrons. The Morgan fingerprint density at radius 3 is 2.00 bits per heavy atom. The predicted molar refractivity (Wildman–Crippen MR) is 69.6 cm³/mol. The lowest BCUT2D eigenvalue weighted by Crippen LogP contribution is -2.53. The third kappa shape index (κ3) is 4.30. The molecule has 0 aromatic rings. The van der Waals surface area contributed by atoms with Gasteiger partial charge >= 0.3 is 5.97 Å². The Kier molecular flexibility index (Phi) is 3.92. The van der Waals surface area contributed by atoms with Gasteiger partial charge in [0.1, 0.15) is 0 Å². The molecule has 100 valence electrons. The summed E-state index contributed by atoms with van der Waals surface area (Å²) >= 11 is 0. The van der Waals surface area contributed by atoms with Gasteiger partial charge in [-0.25, -0.2) is 0 Å². The van der Waals surface area contributed by atoms with Crippen LogP contribution in [0.2, 0.25) is 0 Å². The molecule has 0 heterocycles. The highest BCUT2D eigenvalue weighted by Crippen LogP contribution is 2.50. The van der Waals surface area contributed by atoms with Crippen LogP contribution in [0.4, 0.5) is 0 Å². The van der Waals surface area contributed by atoms with Crippen LogP contribution in [0, 0.1) is 10.8 Å². The Hall–Kier alpha value is -0.570. The largest absolute Gasteiger partial charge is 0.466 e. The predicted octanol–water partition coefficient (Wildman–Crippen LogP) is 2.87. The molecule has 2 N–H and O–H groups in total. The van der Waals surface area contributed by atoms with Crippen molar-refractivity contribution in [1.82, 2.24) is 0 Å². The first-order valence-electron chi connectivity index (χ1n) is 6.52. The van der Waals surface area contributed by atoms with Crippen molar-refractivity contribution >= 4 is 5.97 Å². The van der Waals surface area contributed by atoms with Crippen LogP contribution in [-0.2, 0) is 9.53 Å². The van der Waals surface area contributed by atoms with Gasteiger partial charge in [0.15, 0.2) is 0 Å². The second kappa shape index (κ2) is 4.60. The average Bonchev–Trinajstić information content (AvgIpc) is 1.93. The lowest BCUT2D eigenvalue weighted by Gasteiger charge is -2.50. The highest BCUT2D eigenvalue weighted by molar-refractivity contribution is 5.71. The SMILES string of the molecule is CCOC(=O)CC1(N)CC(C)(C)CC(C)(C)C1. The van der Waals surface area contributed by atoms with Crippen molar-refractivity contribution in [2.45, 2.75) is 65.8 Å². The van der Waals surface area contributed by atoms with Gasteiger partial charge in [0.2, 0.25) is 0 Å². The summed E-state index contributed by atoms with van der Waals surface area (Å²) in [6.45, 7) is 11.2. The second-order valence-corrected chi connectivity index (χ2v) is 7.20. The van der Waals surface area contributed by atoms with Crippen molar-refractivity contribution in [1.29, 1.82) is 0 Å². The molecule has 0 saturated heterocycles. The van der Waals surface area contributed by atoms with Crippen LogP contribution in [0.1, 0.15) is 60.3 Å². The zero-order valence-corrected chi connectivity index (χ0v) is 11.9. The summed E-state index contributed by atoms with van der Waals surface area (Å²) in [7, 11) is 0. The summed E-state index contributed by atoms with van der Waals surface area (Å²) in [5.74, 6) is -0.163. The summed E-state index contributed by atoms with van der Waals surface area (Å²) in [6.07, 6.45) is 3.28. The number of carbonyl (C=O) groups excluding carboxylic acids is 1. The van der Waals surface area contributed by atoms with E-state index >= 15 is 0 Å². The minimum absolute atomic E-state index is 0.163. The lowest BCUT2D eigenvalue weighted by atomic mass is 9.58. The molecule has 1 fully saturated rings. The minimum Gasteiger partial charge on any atom is -0.466 e. The lowest BCUT2D eigenvalue weighted by molar-refractivity contribution is -0.145. The fourth-order valence-electron chi connectivity index (χ4n) is 4.01. The van der Waals surface area contributed by atoms with Gasteiger partial charge in [-0.3, -0.25) is 4.79 Å². The van der Waals surface area contributed by atoms with E-state index in [1.165, 1.54) is 0 Å². The minimum atomic E-state index is -0.405. The van der Waals surface area contributed by atoms with E-state index in [-0.39, 0.29) is 16.8 Å². The van der Waals surface area contributed by atoms with Crippen LogP contribution in [0.3, 0.4) is 0 Å². The first kappa shape index (κ1) is 14.5. The molecule has 0 atom stereocenters. The molecule has 3 nitrogen and oxygen atoms in total. The molecule has 0 aliphatic heterocycles. The van der Waals surface area contributed by atoms with Crippen molar-refractivity contribution in [3.05, 3.63) is 0 Å². The fourth-order valence-corrected chi connectivity index (χ4v) is 4.01. The van der Waals surface area contributed by atoms with E-state index in [9.17, 15) is 4.79 Å². The van der Waals surface area contributed by atoms with Crippen LogP contribution in [0.25, 0.3) is 0 Å². The van der Waals surface area contributed by atoms with Crippen molar-refractivity contribution in [3.63, 3.8) is 0 Å². The van der Waals surface area contributed by atoms with Gasteiger partial charge in [0, 0.05) is 5.54 Å². The van der Waals surface area contributed by atoms with Crippen molar-refractivity contribution in [3.8, 4) is 0 Å². The van der Waals surface area contributed by atoms with Gasteiger partial charge in [0.05, 0.1) is 13.0 Å². The van der Waals surface area contributed by atoms with Crippen molar-refractivity contribution in [2.75, 3.05) is 6.61 Å². The van der Waals surface area contributed by atoms with E-state index in [0.717, 1.165) is 19.3 Å². The smallest absolute Gasteiger partial charge is 0.307 e.